The van der Waals surface area contributed by atoms with Gasteiger partial charge in [0.25, 0.3) is 0 Å². The molecule has 1 aromatic heterocycles. The van der Waals surface area contributed by atoms with Crippen molar-refractivity contribution >= 4 is 23.2 Å². The van der Waals surface area contributed by atoms with Crippen LogP contribution in [-0.2, 0) is 0 Å². The Balaban J connectivity index is 2.31. The number of hydrogen-bond donors (Lipinski definition) is 0. The van der Waals surface area contributed by atoms with Crippen molar-refractivity contribution < 1.29 is 4.42 Å². The van der Waals surface area contributed by atoms with E-state index in [9.17, 15) is 4.79 Å². The summed E-state index contributed by atoms with van der Waals surface area (Å²) < 4.78 is 5.27. The average molecular weight is 331 g/mol. The van der Waals surface area contributed by atoms with Crippen molar-refractivity contribution in [2.45, 2.75) is 4.84 Å². The summed E-state index contributed by atoms with van der Waals surface area (Å²) in [6, 6.07) is 20.7. The van der Waals surface area contributed by atoms with Gasteiger partial charge in [0.05, 0.1) is 5.56 Å². The number of rotatable bonds is 3. The van der Waals surface area contributed by atoms with E-state index in [-0.39, 0.29) is 5.76 Å². The Morgan fingerprint density at radius 3 is 1.91 bits per heavy atom. The van der Waals surface area contributed by atoms with Crippen LogP contribution >= 0.6 is 23.2 Å². The minimum absolute atomic E-state index is 0.242. The molecule has 0 saturated carbocycles. The lowest BCUT2D eigenvalue weighted by molar-refractivity contribution is 0.476. The zero-order valence-electron chi connectivity index (χ0n) is 11.5. The van der Waals surface area contributed by atoms with Crippen molar-refractivity contribution in [3.63, 3.8) is 0 Å². The second kappa shape index (κ2) is 6.39. The summed E-state index contributed by atoms with van der Waals surface area (Å²) in [5.74, 6) is 0.242. The first-order chi connectivity index (χ1) is 10.7. The Morgan fingerprint density at radius 2 is 1.36 bits per heavy atom. The van der Waals surface area contributed by atoms with Crippen molar-refractivity contribution in [2.24, 2.45) is 0 Å². The SMILES string of the molecule is O=c1oc(C(Cl)Cl)cc(-c2ccccc2)c1-c1ccccc1. The van der Waals surface area contributed by atoms with Gasteiger partial charge >= 0.3 is 5.63 Å². The first-order valence-corrected chi connectivity index (χ1v) is 7.61. The summed E-state index contributed by atoms with van der Waals surface area (Å²) in [5.41, 5.74) is 2.51. The molecule has 22 heavy (non-hydrogen) atoms. The first kappa shape index (κ1) is 14.9. The molecule has 110 valence electrons. The highest BCUT2D eigenvalue weighted by molar-refractivity contribution is 6.43. The van der Waals surface area contributed by atoms with E-state index >= 15 is 0 Å². The Hall–Kier alpha value is -2.03. The second-order valence-electron chi connectivity index (χ2n) is 4.76. The molecular weight excluding hydrogens is 319 g/mol. The van der Waals surface area contributed by atoms with E-state index in [0.29, 0.717) is 5.56 Å². The summed E-state index contributed by atoms with van der Waals surface area (Å²) in [5, 5.41) is 0. The molecule has 0 aliphatic carbocycles. The minimum atomic E-state index is -0.889. The molecule has 3 aromatic rings. The topological polar surface area (TPSA) is 30.2 Å². The summed E-state index contributed by atoms with van der Waals surface area (Å²) in [4.78, 5) is 11.6. The van der Waals surface area contributed by atoms with Gasteiger partial charge in [0.2, 0.25) is 0 Å². The number of benzene rings is 2. The number of hydrogen-bond acceptors (Lipinski definition) is 2. The zero-order valence-corrected chi connectivity index (χ0v) is 13.0. The maximum atomic E-state index is 12.5. The van der Waals surface area contributed by atoms with Gasteiger partial charge in [-0.1, -0.05) is 83.9 Å². The molecule has 0 unspecified atom stereocenters. The van der Waals surface area contributed by atoms with E-state index in [1.54, 1.807) is 6.07 Å². The normalized spacial score (nSPS) is 10.9. The fourth-order valence-electron chi connectivity index (χ4n) is 2.34. The van der Waals surface area contributed by atoms with Gasteiger partial charge in [0.15, 0.2) is 4.84 Å². The Bertz CT molecular complexity index is 825. The molecule has 0 aliphatic rings. The smallest absolute Gasteiger partial charge is 0.344 e. The monoisotopic (exact) mass is 330 g/mol. The highest BCUT2D eigenvalue weighted by Gasteiger charge is 2.17. The molecule has 0 fully saturated rings. The van der Waals surface area contributed by atoms with E-state index in [1.165, 1.54) is 0 Å². The van der Waals surface area contributed by atoms with Crippen LogP contribution in [0.1, 0.15) is 10.6 Å². The van der Waals surface area contributed by atoms with Gasteiger partial charge in [-0.3, -0.25) is 0 Å². The molecule has 3 rings (SSSR count). The Morgan fingerprint density at radius 1 is 0.818 bits per heavy atom. The maximum absolute atomic E-state index is 12.5. The van der Waals surface area contributed by atoms with Gasteiger partial charge in [0.1, 0.15) is 5.76 Å². The molecule has 0 bridgehead atoms. The van der Waals surface area contributed by atoms with Crippen LogP contribution in [0.15, 0.2) is 75.9 Å². The highest BCUT2D eigenvalue weighted by Crippen LogP contribution is 2.33. The van der Waals surface area contributed by atoms with Crippen molar-refractivity contribution in [3.05, 3.63) is 82.9 Å². The summed E-state index contributed by atoms with van der Waals surface area (Å²) in [6.45, 7) is 0. The molecule has 0 spiro atoms. The fourth-order valence-corrected chi connectivity index (χ4v) is 2.56. The van der Waals surface area contributed by atoms with Crippen molar-refractivity contribution in [2.75, 3.05) is 0 Å². The third kappa shape index (κ3) is 2.94. The molecule has 0 radical (unpaired) electrons. The van der Waals surface area contributed by atoms with Crippen LogP contribution in [-0.4, -0.2) is 0 Å². The van der Waals surface area contributed by atoms with E-state index in [1.807, 2.05) is 60.7 Å². The lowest BCUT2D eigenvalue weighted by atomic mass is 9.96. The quantitative estimate of drug-likeness (QED) is 0.597. The molecule has 0 N–H and O–H groups in total. The third-order valence-electron chi connectivity index (χ3n) is 3.33. The first-order valence-electron chi connectivity index (χ1n) is 6.74. The van der Waals surface area contributed by atoms with E-state index in [4.69, 9.17) is 27.6 Å². The lowest BCUT2D eigenvalue weighted by Gasteiger charge is -2.11. The Kier molecular flexibility index (Phi) is 4.32. The van der Waals surface area contributed by atoms with E-state index in [0.717, 1.165) is 16.7 Å². The second-order valence-corrected chi connectivity index (χ2v) is 5.85. The van der Waals surface area contributed by atoms with Crippen LogP contribution in [0.4, 0.5) is 0 Å². The van der Waals surface area contributed by atoms with Crippen LogP contribution in [0.2, 0.25) is 0 Å². The molecule has 4 heteroatoms. The molecular formula is C18H12Cl2O2. The van der Waals surface area contributed by atoms with Gasteiger partial charge in [-0.25, -0.2) is 4.79 Å². The predicted molar refractivity (Wildman–Crippen MR) is 90.3 cm³/mol. The van der Waals surface area contributed by atoms with Crippen LogP contribution < -0.4 is 5.63 Å². The van der Waals surface area contributed by atoms with Gasteiger partial charge in [-0.15, -0.1) is 0 Å². The van der Waals surface area contributed by atoms with Gasteiger partial charge in [0, 0.05) is 5.56 Å². The molecule has 0 amide bonds. The lowest BCUT2D eigenvalue weighted by Crippen LogP contribution is -2.07. The molecule has 0 saturated heterocycles. The van der Waals surface area contributed by atoms with Crippen molar-refractivity contribution in [1.82, 2.24) is 0 Å². The number of halogens is 2. The summed E-state index contributed by atoms with van der Waals surface area (Å²) >= 11 is 11.7. The van der Waals surface area contributed by atoms with Crippen LogP contribution in [0.5, 0.6) is 0 Å². The molecule has 2 aromatic carbocycles. The van der Waals surface area contributed by atoms with Crippen LogP contribution in [0.3, 0.4) is 0 Å². The van der Waals surface area contributed by atoms with Gasteiger partial charge in [-0.05, 0) is 17.2 Å². The predicted octanol–water partition coefficient (Wildman–Crippen LogP) is 5.45. The number of alkyl halides is 2. The molecule has 0 aliphatic heterocycles. The van der Waals surface area contributed by atoms with Crippen LogP contribution in [0.25, 0.3) is 22.3 Å². The van der Waals surface area contributed by atoms with Gasteiger partial charge in [-0.2, -0.15) is 0 Å². The third-order valence-corrected chi connectivity index (χ3v) is 3.76. The zero-order chi connectivity index (χ0) is 15.5. The maximum Gasteiger partial charge on any atom is 0.344 e. The molecule has 0 atom stereocenters. The Labute approximate surface area is 137 Å². The van der Waals surface area contributed by atoms with Crippen LogP contribution in [0, 0.1) is 0 Å². The summed E-state index contributed by atoms with van der Waals surface area (Å²) in [7, 11) is 0. The average Bonchev–Trinajstić information content (AvgIpc) is 2.55. The molecule has 1 heterocycles. The van der Waals surface area contributed by atoms with Crippen molar-refractivity contribution in [3.8, 4) is 22.3 Å². The van der Waals surface area contributed by atoms with Crippen molar-refractivity contribution in [1.29, 1.82) is 0 Å². The largest absolute Gasteiger partial charge is 0.424 e. The molecule has 2 nitrogen and oxygen atoms in total. The summed E-state index contributed by atoms with van der Waals surface area (Å²) in [6.07, 6.45) is 0. The standard InChI is InChI=1S/C18H12Cl2O2/c19-17(20)15-11-14(12-7-3-1-4-8-12)16(18(21)22-15)13-9-5-2-6-10-13/h1-11,17H. The van der Waals surface area contributed by atoms with E-state index < -0.39 is 10.5 Å². The van der Waals surface area contributed by atoms with Gasteiger partial charge < -0.3 is 4.42 Å². The van der Waals surface area contributed by atoms with E-state index in [2.05, 4.69) is 0 Å². The fraction of sp³-hybridized carbons (Fsp3) is 0.0556. The minimum Gasteiger partial charge on any atom is -0.424 e. The highest BCUT2D eigenvalue weighted by atomic mass is 35.5.